The van der Waals surface area contributed by atoms with Gasteiger partial charge in [-0.15, -0.1) is 0 Å². The number of aliphatic imine (C=N–C) groups is 1. The zero-order chi connectivity index (χ0) is 30.3. The summed E-state index contributed by atoms with van der Waals surface area (Å²) >= 11 is 0. The summed E-state index contributed by atoms with van der Waals surface area (Å²) in [5.74, 6) is -0.590. The third kappa shape index (κ3) is 9.12. The number of esters is 2. The van der Waals surface area contributed by atoms with E-state index in [1.807, 2.05) is 30.5 Å². The van der Waals surface area contributed by atoms with Crippen molar-refractivity contribution in [3.05, 3.63) is 70.6 Å². The van der Waals surface area contributed by atoms with Crippen molar-refractivity contribution in [2.75, 3.05) is 32.9 Å². The van der Waals surface area contributed by atoms with E-state index < -0.39 is 17.9 Å². The Morgan fingerprint density at radius 2 is 1.69 bits per heavy atom. The number of aryl methyl sites for hydroxylation is 1. The van der Waals surface area contributed by atoms with Gasteiger partial charge in [-0.25, -0.2) is 14.6 Å². The summed E-state index contributed by atoms with van der Waals surface area (Å²) in [4.78, 5) is 37.7. The largest absolute Gasteiger partial charge is 0.493 e. The van der Waals surface area contributed by atoms with Crippen LogP contribution in [0.2, 0.25) is 0 Å². The number of carbonyl (C=O) groups is 2. The molecular weight excluding hydrogens is 536 g/mol. The van der Waals surface area contributed by atoms with Crippen LogP contribution in [0.25, 0.3) is 0 Å². The minimum Gasteiger partial charge on any atom is -0.493 e. The number of hydrogen-bond acceptors (Lipinski definition) is 8. The van der Waals surface area contributed by atoms with Crippen LogP contribution in [-0.4, -0.2) is 60.8 Å². The predicted octanol–water partition coefficient (Wildman–Crippen LogP) is 3.86. The number of allylic oxidation sites excluding steroid dienone is 2. The van der Waals surface area contributed by atoms with Gasteiger partial charge in [-0.2, -0.15) is 0 Å². The van der Waals surface area contributed by atoms with Gasteiger partial charge in [-0.1, -0.05) is 18.2 Å². The Morgan fingerprint density at radius 3 is 2.33 bits per heavy atom. The van der Waals surface area contributed by atoms with Crippen LogP contribution >= 0.6 is 0 Å². The molecule has 1 aliphatic rings. The lowest BCUT2D eigenvalue weighted by molar-refractivity contribution is -0.139. The van der Waals surface area contributed by atoms with Gasteiger partial charge in [0.2, 0.25) is 0 Å². The molecule has 11 nitrogen and oxygen atoms in total. The number of aromatic nitrogens is 2. The molecule has 0 fully saturated rings. The Balaban J connectivity index is 1.57. The van der Waals surface area contributed by atoms with Crippen LogP contribution in [0, 0.1) is 0 Å². The highest BCUT2D eigenvalue weighted by Gasteiger charge is 2.39. The molecule has 0 saturated heterocycles. The van der Waals surface area contributed by atoms with E-state index in [-0.39, 0.29) is 13.2 Å². The minimum atomic E-state index is -0.688. The molecule has 2 heterocycles. The third-order valence-electron chi connectivity index (χ3n) is 6.81. The van der Waals surface area contributed by atoms with Crippen molar-refractivity contribution in [2.24, 2.45) is 10.7 Å². The zero-order valence-corrected chi connectivity index (χ0v) is 25.1. The van der Waals surface area contributed by atoms with Gasteiger partial charge in [0.15, 0.2) is 5.96 Å². The van der Waals surface area contributed by atoms with E-state index in [1.165, 1.54) is 0 Å². The lowest BCUT2D eigenvalue weighted by Gasteiger charge is -2.31. The Morgan fingerprint density at radius 1 is 1.00 bits per heavy atom. The van der Waals surface area contributed by atoms with Crippen LogP contribution < -0.4 is 21.1 Å². The van der Waals surface area contributed by atoms with Gasteiger partial charge in [-0.05, 0) is 65.9 Å². The maximum Gasteiger partial charge on any atom is 0.336 e. The molecular formula is C31H44N6O5. The number of unbranched alkanes of at least 4 members (excludes halogenated alkanes) is 2. The minimum absolute atomic E-state index is 0.219. The number of ether oxygens (including phenoxy) is 3. The molecule has 0 atom stereocenters. The summed E-state index contributed by atoms with van der Waals surface area (Å²) in [5.41, 5.74) is 9.78. The van der Waals surface area contributed by atoms with Crippen molar-refractivity contribution in [1.29, 1.82) is 0 Å². The van der Waals surface area contributed by atoms with E-state index in [9.17, 15) is 9.59 Å². The van der Waals surface area contributed by atoms with Gasteiger partial charge in [0.05, 0.1) is 43.2 Å². The Kier molecular flexibility index (Phi) is 12.9. The molecule has 0 spiro atoms. The molecule has 0 amide bonds. The zero-order valence-electron chi connectivity index (χ0n) is 25.1. The summed E-state index contributed by atoms with van der Waals surface area (Å²) in [6, 6.07) is 7.49. The standard InChI is InChI=1S/C31H44N6O5/c1-5-40-29(38)26-21(3)37-22(4)27(30(39)41-6-2)28(26)24-14-8-9-15-25(24)42-18-11-7-10-16-34-31(32)35-17-12-13-23-19-33-20-36-23/h8-9,14-15,19-20,28,37H,5-7,10-13,16-18H2,1-4H3,(H,33,36)(H3,32,34,35). The number of nitrogens with zero attached hydrogens (tertiary/aromatic N) is 2. The van der Waals surface area contributed by atoms with Crippen LogP contribution in [0.1, 0.15) is 70.6 Å². The van der Waals surface area contributed by atoms with Crippen molar-refractivity contribution in [2.45, 2.75) is 65.7 Å². The molecule has 0 bridgehead atoms. The van der Waals surface area contributed by atoms with E-state index in [1.54, 1.807) is 34.0 Å². The number of rotatable bonds is 16. The smallest absolute Gasteiger partial charge is 0.336 e. The second kappa shape index (κ2) is 16.9. The van der Waals surface area contributed by atoms with E-state index >= 15 is 0 Å². The molecule has 0 unspecified atom stereocenters. The number of hydrogen-bond donors (Lipinski definition) is 4. The van der Waals surface area contributed by atoms with Crippen LogP contribution in [0.4, 0.5) is 0 Å². The third-order valence-corrected chi connectivity index (χ3v) is 6.81. The van der Waals surface area contributed by atoms with Gasteiger partial charge in [-0.3, -0.25) is 4.99 Å². The molecule has 0 aliphatic carbocycles. The first kappa shape index (κ1) is 32.2. The van der Waals surface area contributed by atoms with Crippen LogP contribution in [0.5, 0.6) is 5.75 Å². The number of carbonyl (C=O) groups excluding carboxylic acids is 2. The maximum absolute atomic E-state index is 13.1. The predicted molar refractivity (Wildman–Crippen MR) is 162 cm³/mol. The van der Waals surface area contributed by atoms with Crippen molar-refractivity contribution >= 4 is 17.9 Å². The van der Waals surface area contributed by atoms with E-state index in [4.69, 9.17) is 19.9 Å². The first-order valence-electron chi connectivity index (χ1n) is 14.6. The van der Waals surface area contributed by atoms with E-state index in [2.05, 4.69) is 25.6 Å². The molecule has 0 radical (unpaired) electrons. The van der Waals surface area contributed by atoms with Gasteiger partial charge in [0.1, 0.15) is 5.75 Å². The molecule has 5 N–H and O–H groups in total. The molecule has 42 heavy (non-hydrogen) atoms. The number of dihydropyridines is 1. The molecule has 3 rings (SSSR count). The van der Waals surface area contributed by atoms with Crippen molar-refractivity contribution in [3.8, 4) is 5.75 Å². The number of imidazole rings is 1. The summed E-state index contributed by atoms with van der Waals surface area (Å²) in [6.07, 6.45) is 7.93. The number of H-pyrrole nitrogens is 1. The number of guanidine groups is 1. The first-order valence-corrected chi connectivity index (χ1v) is 14.6. The lowest BCUT2D eigenvalue weighted by atomic mass is 9.80. The van der Waals surface area contributed by atoms with Gasteiger partial charge < -0.3 is 35.6 Å². The summed E-state index contributed by atoms with van der Waals surface area (Å²) in [6.45, 7) is 9.42. The summed E-state index contributed by atoms with van der Waals surface area (Å²) < 4.78 is 17.0. The Hall–Kier alpha value is -4.28. The van der Waals surface area contributed by atoms with Gasteiger partial charge in [0, 0.05) is 41.9 Å². The highest BCUT2D eigenvalue weighted by Crippen LogP contribution is 2.42. The fraction of sp³-hybridized carbons (Fsp3) is 0.484. The second-order valence-corrected chi connectivity index (χ2v) is 9.90. The fourth-order valence-corrected chi connectivity index (χ4v) is 4.86. The molecule has 1 aliphatic heterocycles. The number of nitrogens with two attached hydrogens (primary N) is 1. The summed E-state index contributed by atoms with van der Waals surface area (Å²) in [7, 11) is 0. The number of para-hydroxylation sites is 1. The highest BCUT2D eigenvalue weighted by molar-refractivity contribution is 6.00. The lowest BCUT2D eigenvalue weighted by Crippen LogP contribution is -2.32. The average Bonchev–Trinajstić information content (AvgIpc) is 3.48. The normalized spacial score (nSPS) is 14.0. The second-order valence-electron chi connectivity index (χ2n) is 9.90. The molecule has 1 aromatic carbocycles. The molecule has 11 heteroatoms. The fourth-order valence-electron chi connectivity index (χ4n) is 4.86. The summed E-state index contributed by atoms with van der Waals surface area (Å²) in [5, 5.41) is 6.33. The van der Waals surface area contributed by atoms with E-state index in [0.29, 0.717) is 53.0 Å². The van der Waals surface area contributed by atoms with Crippen LogP contribution in [-0.2, 0) is 25.5 Å². The highest BCUT2D eigenvalue weighted by atomic mass is 16.5. The van der Waals surface area contributed by atoms with Gasteiger partial charge >= 0.3 is 11.9 Å². The maximum atomic E-state index is 13.1. The van der Waals surface area contributed by atoms with Crippen LogP contribution in [0.15, 0.2) is 64.3 Å². The number of nitrogens with one attached hydrogen (secondary N) is 3. The SMILES string of the molecule is CCOC(=O)C1=C(C)NC(C)=C(C(=O)OCC)C1c1ccccc1OCCCCCNC(N)=NCCCc1cnc[nH]1. The van der Waals surface area contributed by atoms with Crippen molar-refractivity contribution in [1.82, 2.24) is 20.6 Å². The Labute approximate surface area is 248 Å². The van der Waals surface area contributed by atoms with E-state index in [0.717, 1.165) is 44.3 Å². The van der Waals surface area contributed by atoms with Crippen molar-refractivity contribution in [3.63, 3.8) is 0 Å². The van der Waals surface area contributed by atoms with Gasteiger partial charge in [0.25, 0.3) is 0 Å². The molecule has 2 aromatic rings. The Bertz CT molecular complexity index is 1230. The number of benzene rings is 1. The number of aromatic amines is 1. The first-order chi connectivity index (χ1) is 20.4. The van der Waals surface area contributed by atoms with Crippen molar-refractivity contribution < 1.29 is 23.8 Å². The topological polar surface area (TPSA) is 153 Å². The average molecular weight is 581 g/mol. The van der Waals surface area contributed by atoms with Crippen LogP contribution in [0.3, 0.4) is 0 Å². The quantitative estimate of drug-likeness (QED) is 0.100. The molecule has 0 saturated carbocycles. The monoisotopic (exact) mass is 580 g/mol. The molecule has 228 valence electrons. The molecule has 1 aromatic heterocycles.